The Kier molecular flexibility index (Phi) is 7.64. The molecule has 11 rings (SSSR count). The standard InChI is InChI=1S/C51H31N3OS/c1-2-9-35(10-3-1)43-31-44(36-21-17-32(18-22-36)33-27-29-52-30-28-33)54-51(53-43)37-23-19-34(20-24-37)38-25-26-40(49-41-11-4-6-14-45(41)55-50(38)49)39-13-8-16-47-48(39)42-12-5-7-15-46(42)56-47/h1-31H. The second kappa shape index (κ2) is 13.3. The fourth-order valence-corrected chi connectivity index (χ4v) is 9.07. The molecule has 0 N–H and O–H groups in total. The summed E-state index contributed by atoms with van der Waals surface area (Å²) in [5.41, 5.74) is 13.3. The highest BCUT2D eigenvalue weighted by molar-refractivity contribution is 7.25. The van der Waals surface area contributed by atoms with E-state index < -0.39 is 0 Å². The number of para-hydroxylation sites is 1. The van der Waals surface area contributed by atoms with Crippen LogP contribution in [0.25, 0.3) is 109 Å². The van der Waals surface area contributed by atoms with Crippen LogP contribution >= 0.6 is 11.3 Å². The third-order valence-corrected chi connectivity index (χ3v) is 11.8. The van der Waals surface area contributed by atoms with Crippen LogP contribution in [0.15, 0.2) is 193 Å². The van der Waals surface area contributed by atoms with Crippen LogP contribution < -0.4 is 0 Å². The molecule has 0 aliphatic carbocycles. The molecule has 0 saturated heterocycles. The van der Waals surface area contributed by atoms with Gasteiger partial charge in [0.25, 0.3) is 0 Å². The normalized spacial score (nSPS) is 11.6. The van der Waals surface area contributed by atoms with Crippen molar-refractivity contribution in [2.45, 2.75) is 0 Å². The summed E-state index contributed by atoms with van der Waals surface area (Å²) in [5.74, 6) is 0.673. The molecule has 0 saturated carbocycles. The van der Waals surface area contributed by atoms with Gasteiger partial charge in [0.05, 0.1) is 11.4 Å². The Bertz CT molecular complexity index is 3220. The molecule has 0 aliphatic heterocycles. The molecule has 262 valence electrons. The summed E-state index contributed by atoms with van der Waals surface area (Å²) in [4.78, 5) is 14.4. The van der Waals surface area contributed by atoms with Crippen LogP contribution in [0.2, 0.25) is 0 Å². The van der Waals surface area contributed by atoms with Crippen LogP contribution in [-0.2, 0) is 0 Å². The lowest BCUT2D eigenvalue weighted by Crippen LogP contribution is -1.96. The molecular formula is C51H31N3OS. The van der Waals surface area contributed by atoms with Crippen LogP contribution in [0.5, 0.6) is 0 Å². The number of pyridine rings is 1. The van der Waals surface area contributed by atoms with Crippen molar-refractivity contribution in [3.05, 3.63) is 188 Å². The Hall–Kier alpha value is -7.21. The van der Waals surface area contributed by atoms with Gasteiger partial charge in [-0.15, -0.1) is 11.3 Å². The number of thiophene rings is 1. The van der Waals surface area contributed by atoms with E-state index in [1.165, 1.54) is 31.3 Å². The highest BCUT2D eigenvalue weighted by atomic mass is 32.1. The maximum atomic E-state index is 6.74. The van der Waals surface area contributed by atoms with E-state index in [0.717, 1.165) is 72.3 Å². The molecule has 0 unspecified atom stereocenters. The number of benzene rings is 7. The van der Waals surface area contributed by atoms with E-state index in [4.69, 9.17) is 14.4 Å². The molecule has 11 aromatic rings. The Labute approximate surface area is 327 Å². The fourth-order valence-electron chi connectivity index (χ4n) is 7.94. The van der Waals surface area contributed by atoms with E-state index >= 15 is 0 Å². The lowest BCUT2D eigenvalue weighted by molar-refractivity contribution is 0.670. The van der Waals surface area contributed by atoms with Crippen LogP contribution in [-0.4, -0.2) is 15.0 Å². The number of nitrogens with zero attached hydrogens (tertiary/aromatic N) is 3. The highest BCUT2D eigenvalue weighted by Crippen LogP contribution is 2.46. The van der Waals surface area contributed by atoms with Crippen molar-refractivity contribution in [2.75, 3.05) is 0 Å². The molecule has 0 amide bonds. The average molecular weight is 734 g/mol. The zero-order valence-corrected chi connectivity index (χ0v) is 30.9. The van der Waals surface area contributed by atoms with Gasteiger partial charge in [0.1, 0.15) is 11.2 Å². The van der Waals surface area contributed by atoms with E-state index in [0.29, 0.717) is 5.82 Å². The van der Waals surface area contributed by atoms with E-state index in [-0.39, 0.29) is 0 Å². The minimum Gasteiger partial charge on any atom is -0.455 e. The van der Waals surface area contributed by atoms with E-state index in [1.807, 2.05) is 60.1 Å². The zero-order chi connectivity index (χ0) is 37.0. The van der Waals surface area contributed by atoms with Gasteiger partial charge in [-0.1, -0.05) is 133 Å². The van der Waals surface area contributed by atoms with Crippen molar-refractivity contribution in [1.29, 1.82) is 0 Å². The Balaban J connectivity index is 1.02. The predicted octanol–water partition coefficient (Wildman–Crippen LogP) is 14.1. The second-order valence-electron chi connectivity index (χ2n) is 14.0. The molecule has 0 spiro atoms. The van der Waals surface area contributed by atoms with Gasteiger partial charge in [-0.3, -0.25) is 4.98 Å². The summed E-state index contributed by atoms with van der Waals surface area (Å²) in [6, 6.07) is 61.7. The van der Waals surface area contributed by atoms with Crippen molar-refractivity contribution in [3.63, 3.8) is 0 Å². The molecule has 0 aliphatic rings. The third-order valence-electron chi connectivity index (χ3n) is 10.7. The van der Waals surface area contributed by atoms with Gasteiger partial charge >= 0.3 is 0 Å². The summed E-state index contributed by atoms with van der Waals surface area (Å²) >= 11 is 1.84. The van der Waals surface area contributed by atoms with Crippen molar-refractivity contribution in [3.8, 4) is 67.3 Å². The molecular weight excluding hydrogens is 703 g/mol. The van der Waals surface area contributed by atoms with E-state index in [2.05, 4.69) is 145 Å². The first-order chi connectivity index (χ1) is 27.7. The number of rotatable bonds is 6. The first-order valence-corrected chi connectivity index (χ1v) is 19.5. The van der Waals surface area contributed by atoms with Crippen molar-refractivity contribution >= 4 is 53.4 Å². The van der Waals surface area contributed by atoms with E-state index in [1.54, 1.807) is 0 Å². The van der Waals surface area contributed by atoms with Gasteiger partial charge in [0.2, 0.25) is 0 Å². The number of fused-ring (bicyclic) bond motifs is 6. The lowest BCUT2D eigenvalue weighted by atomic mass is 9.92. The molecule has 4 nitrogen and oxygen atoms in total. The monoisotopic (exact) mass is 733 g/mol. The Morgan fingerprint density at radius 2 is 0.982 bits per heavy atom. The first kappa shape index (κ1) is 32.2. The summed E-state index contributed by atoms with van der Waals surface area (Å²) in [7, 11) is 0. The molecule has 4 aromatic heterocycles. The molecule has 4 heterocycles. The number of furan rings is 1. The minimum atomic E-state index is 0.673. The van der Waals surface area contributed by atoms with Gasteiger partial charge in [-0.05, 0) is 70.3 Å². The Morgan fingerprint density at radius 1 is 0.393 bits per heavy atom. The van der Waals surface area contributed by atoms with Gasteiger partial charge in [0.15, 0.2) is 5.82 Å². The van der Waals surface area contributed by atoms with Gasteiger partial charge in [-0.2, -0.15) is 0 Å². The zero-order valence-electron chi connectivity index (χ0n) is 30.1. The molecule has 56 heavy (non-hydrogen) atoms. The lowest BCUT2D eigenvalue weighted by Gasteiger charge is -2.12. The van der Waals surface area contributed by atoms with Gasteiger partial charge < -0.3 is 4.42 Å². The average Bonchev–Trinajstić information content (AvgIpc) is 3.86. The quantitative estimate of drug-likeness (QED) is 0.171. The molecule has 0 radical (unpaired) electrons. The Morgan fingerprint density at radius 3 is 1.79 bits per heavy atom. The first-order valence-electron chi connectivity index (χ1n) is 18.7. The largest absolute Gasteiger partial charge is 0.455 e. The van der Waals surface area contributed by atoms with Gasteiger partial charge in [-0.25, -0.2) is 9.97 Å². The SMILES string of the molecule is c1ccc(-c2cc(-c3ccc(-c4ccncc4)cc3)nc(-c3ccc(-c4ccc(-c5cccc6sc7ccccc7c56)c5c4oc4ccccc45)cc3)n2)cc1. The second-order valence-corrected chi connectivity index (χ2v) is 15.0. The maximum Gasteiger partial charge on any atom is 0.160 e. The van der Waals surface area contributed by atoms with Crippen molar-refractivity contribution < 1.29 is 4.42 Å². The fraction of sp³-hybridized carbons (Fsp3) is 0. The van der Waals surface area contributed by atoms with E-state index in [9.17, 15) is 0 Å². The molecule has 0 fully saturated rings. The van der Waals surface area contributed by atoms with Crippen molar-refractivity contribution in [1.82, 2.24) is 15.0 Å². The molecule has 0 bridgehead atoms. The number of aromatic nitrogens is 3. The number of hydrogen-bond donors (Lipinski definition) is 0. The summed E-state index contributed by atoms with van der Waals surface area (Å²) in [6.07, 6.45) is 3.64. The summed E-state index contributed by atoms with van der Waals surface area (Å²) < 4.78 is 9.32. The topological polar surface area (TPSA) is 51.8 Å². The smallest absolute Gasteiger partial charge is 0.160 e. The van der Waals surface area contributed by atoms with Crippen molar-refractivity contribution in [2.24, 2.45) is 0 Å². The minimum absolute atomic E-state index is 0.673. The van der Waals surface area contributed by atoms with Crippen LogP contribution in [0.1, 0.15) is 0 Å². The highest BCUT2D eigenvalue weighted by Gasteiger charge is 2.20. The summed E-state index contributed by atoms with van der Waals surface area (Å²) in [5, 5.41) is 4.81. The van der Waals surface area contributed by atoms with Gasteiger partial charge in [0, 0.05) is 65.6 Å². The number of hydrogen-bond acceptors (Lipinski definition) is 5. The van der Waals surface area contributed by atoms with Crippen LogP contribution in [0.3, 0.4) is 0 Å². The van der Waals surface area contributed by atoms with Crippen LogP contribution in [0, 0.1) is 0 Å². The molecule has 0 atom stereocenters. The predicted molar refractivity (Wildman–Crippen MR) is 233 cm³/mol. The summed E-state index contributed by atoms with van der Waals surface area (Å²) in [6.45, 7) is 0. The van der Waals surface area contributed by atoms with Crippen LogP contribution in [0.4, 0.5) is 0 Å². The maximum absolute atomic E-state index is 6.74. The molecule has 5 heteroatoms. The third kappa shape index (κ3) is 5.48. The molecule has 7 aromatic carbocycles.